The molecule has 0 atom stereocenters. The van der Waals surface area contributed by atoms with Crippen molar-refractivity contribution in [3.05, 3.63) is 48.3 Å². The summed E-state index contributed by atoms with van der Waals surface area (Å²) in [4.78, 5) is 12.9. The van der Waals surface area contributed by atoms with E-state index in [1.165, 1.54) is 56.3 Å². The van der Waals surface area contributed by atoms with Crippen molar-refractivity contribution >= 4 is 22.1 Å². The van der Waals surface area contributed by atoms with Crippen LogP contribution in [0.1, 0.15) is 37.7 Å². The molecule has 5 rings (SSSR count). The number of rotatable bonds is 6. The van der Waals surface area contributed by atoms with E-state index in [4.69, 9.17) is 4.98 Å². The molecule has 150 valence electrons. The molecule has 0 spiro atoms. The van der Waals surface area contributed by atoms with Crippen LogP contribution in [-0.4, -0.2) is 32.6 Å². The van der Waals surface area contributed by atoms with Gasteiger partial charge in [-0.05, 0) is 75.0 Å². The van der Waals surface area contributed by atoms with Gasteiger partial charge in [-0.2, -0.15) is 0 Å². The van der Waals surface area contributed by atoms with Crippen molar-refractivity contribution in [2.75, 3.05) is 13.1 Å². The van der Waals surface area contributed by atoms with Gasteiger partial charge < -0.3 is 14.9 Å². The molecule has 0 radical (unpaired) electrons. The van der Waals surface area contributed by atoms with Crippen molar-refractivity contribution in [1.29, 1.82) is 0 Å². The zero-order chi connectivity index (χ0) is 19.6. The van der Waals surface area contributed by atoms with E-state index in [0.29, 0.717) is 0 Å². The molecule has 2 aromatic heterocycles. The molecule has 1 saturated heterocycles. The Labute approximate surface area is 171 Å². The summed E-state index contributed by atoms with van der Waals surface area (Å²) >= 11 is 0. The van der Waals surface area contributed by atoms with E-state index in [2.05, 4.69) is 63.2 Å². The Morgan fingerprint density at radius 2 is 2.00 bits per heavy atom. The lowest BCUT2D eigenvalue weighted by molar-refractivity contribution is 0.341. The van der Waals surface area contributed by atoms with Gasteiger partial charge in [-0.25, -0.2) is 9.97 Å². The number of benzene rings is 2. The molecule has 1 aliphatic rings. The third kappa shape index (κ3) is 3.79. The molecule has 0 bridgehead atoms. The molecule has 0 saturated carbocycles. The van der Waals surface area contributed by atoms with Gasteiger partial charge in [0.25, 0.3) is 0 Å². The molecule has 0 amide bonds. The molecule has 1 aliphatic heterocycles. The highest BCUT2D eigenvalue weighted by molar-refractivity contribution is 5.85. The first-order valence-electron chi connectivity index (χ1n) is 10.9. The molecule has 4 aromatic rings. The van der Waals surface area contributed by atoms with Crippen molar-refractivity contribution in [3.8, 4) is 11.4 Å². The van der Waals surface area contributed by atoms with E-state index >= 15 is 0 Å². The average molecular weight is 388 g/mol. The highest BCUT2D eigenvalue weighted by Gasteiger charge is 2.13. The van der Waals surface area contributed by atoms with Gasteiger partial charge in [0, 0.05) is 12.1 Å². The Hall–Kier alpha value is -2.66. The predicted octanol–water partition coefficient (Wildman–Crippen LogP) is 5.06. The number of fused-ring (bicyclic) bond motifs is 2. The predicted molar refractivity (Wildman–Crippen MR) is 119 cm³/mol. The minimum Gasteiger partial charge on any atom is -0.338 e. The normalized spacial score (nSPS) is 15.5. The molecule has 1 fully saturated rings. The monoisotopic (exact) mass is 387 g/mol. The summed E-state index contributed by atoms with van der Waals surface area (Å²) in [6.07, 6.45) is 8.54. The van der Waals surface area contributed by atoms with Crippen molar-refractivity contribution in [1.82, 2.24) is 24.8 Å². The van der Waals surface area contributed by atoms with Gasteiger partial charge in [-0.1, -0.05) is 25.0 Å². The standard InChI is InChI=1S/C24H29N5/c1-17-5-4-7-21-23(17)28-24(27-21)19-8-9-20-22(15-19)29(16-26-20)14-3-2-6-18-10-12-25-13-11-18/h4-5,7-9,15-16,18,25H,2-3,6,10-14H2,1H3,(H,27,28). The summed E-state index contributed by atoms with van der Waals surface area (Å²) in [5.41, 5.74) is 6.70. The van der Waals surface area contributed by atoms with Crippen LogP contribution in [0.15, 0.2) is 42.7 Å². The molecular weight excluding hydrogens is 358 g/mol. The van der Waals surface area contributed by atoms with Gasteiger partial charge in [0.15, 0.2) is 0 Å². The molecule has 0 aliphatic carbocycles. The minimum absolute atomic E-state index is 0.916. The third-order valence-corrected chi connectivity index (χ3v) is 6.33. The maximum Gasteiger partial charge on any atom is 0.138 e. The largest absolute Gasteiger partial charge is 0.338 e. The number of aryl methyl sites for hydroxylation is 2. The van der Waals surface area contributed by atoms with Gasteiger partial charge in [0.05, 0.1) is 28.4 Å². The van der Waals surface area contributed by atoms with E-state index in [-0.39, 0.29) is 0 Å². The molecule has 2 N–H and O–H groups in total. The van der Waals surface area contributed by atoms with Gasteiger partial charge in [-0.15, -0.1) is 0 Å². The van der Waals surface area contributed by atoms with Crippen LogP contribution in [0.4, 0.5) is 0 Å². The van der Waals surface area contributed by atoms with Crippen LogP contribution in [0.3, 0.4) is 0 Å². The zero-order valence-corrected chi connectivity index (χ0v) is 17.1. The van der Waals surface area contributed by atoms with Crippen LogP contribution in [0.25, 0.3) is 33.5 Å². The number of nitrogens with one attached hydrogen (secondary N) is 2. The fourth-order valence-electron chi connectivity index (χ4n) is 4.58. The smallest absolute Gasteiger partial charge is 0.138 e. The number of aromatic nitrogens is 4. The van der Waals surface area contributed by atoms with Crippen LogP contribution in [0.5, 0.6) is 0 Å². The summed E-state index contributed by atoms with van der Waals surface area (Å²) in [5.74, 6) is 1.84. The molecule has 2 aromatic carbocycles. The maximum absolute atomic E-state index is 4.84. The molecule has 29 heavy (non-hydrogen) atoms. The van der Waals surface area contributed by atoms with Crippen LogP contribution < -0.4 is 5.32 Å². The van der Waals surface area contributed by atoms with Gasteiger partial charge in [0.2, 0.25) is 0 Å². The lowest BCUT2D eigenvalue weighted by Crippen LogP contribution is -2.27. The van der Waals surface area contributed by atoms with E-state index in [1.807, 2.05) is 6.33 Å². The van der Waals surface area contributed by atoms with Crippen LogP contribution in [-0.2, 0) is 6.54 Å². The molecular formula is C24H29N5. The van der Waals surface area contributed by atoms with Crippen molar-refractivity contribution in [3.63, 3.8) is 0 Å². The third-order valence-electron chi connectivity index (χ3n) is 6.33. The van der Waals surface area contributed by atoms with Crippen molar-refractivity contribution in [2.24, 2.45) is 5.92 Å². The van der Waals surface area contributed by atoms with Crippen molar-refractivity contribution < 1.29 is 0 Å². The zero-order valence-electron chi connectivity index (χ0n) is 17.1. The molecule has 5 heteroatoms. The Morgan fingerprint density at radius 3 is 2.86 bits per heavy atom. The SMILES string of the molecule is Cc1cccc2[nH]c(-c3ccc4ncn(CCCCC5CCNCC5)c4c3)nc12. The lowest BCUT2D eigenvalue weighted by Gasteiger charge is -2.22. The van der Waals surface area contributed by atoms with Gasteiger partial charge in [0.1, 0.15) is 5.82 Å². The van der Waals surface area contributed by atoms with E-state index < -0.39 is 0 Å². The summed E-state index contributed by atoms with van der Waals surface area (Å²) in [6, 6.07) is 12.7. The van der Waals surface area contributed by atoms with Crippen molar-refractivity contribution in [2.45, 2.75) is 45.6 Å². The first-order valence-corrected chi connectivity index (χ1v) is 10.9. The minimum atomic E-state index is 0.916. The number of unbranched alkanes of at least 4 members (excludes halogenated alkanes) is 1. The quantitative estimate of drug-likeness (QED) is 0.455. The Bertz CT molecular complexity index is 1120. The highest BCUT2D eigenvalue weighted by Crippen LogP contribution is 2.26. The summed E-state index contributed by atoms with van der Waals surface area (Å²) in [6.45, 7) is 5.53. The number of imidazole rings is 2. The first-order chi connectivity index (χ1) is 14.3. The average Bonchev–Trinajstić information content (AvgIpc) is 3.37. The number of hydrogen-bond donors (Lipinski definition) is 2. The fraction of sp³-hybridized carbons (Fsp3) is 0.417. The Morgan fingerprint density at radius 1 is 1.10 bits per heavy atom. The summed E-state index contributed by atoms with van der Waals surface area (Å²) in [5, 5.41) is 3.46. The highest BCUT2D eigenvalue weighted by atomic mass is 15.0. The van der Waals surface area contributed by atoms with Crippen LogP contribution in [0.2, 0.25) is 0 Å². The first kappa shape index (κ1) is 18.4. The second kappa shape index (κ2) is 7.99. The van der Waals surface area contributed by atoms with Gasteiger partial charge >= 0.3 is 0 Å². The Balaban J connectivity index is 1.32. The van der Waals surface area contributed by atoms with Crippen LogP contribution in [0, 0.1) is 12.8 Å². The molecule has 3 heterocycles. The number of piperidine rings is 1. The number of para-hydroxylation sites is 1. The second-order valence-electron chi connectivity index (χ2n) is 8.39. The Kier molecular flexibility index (Phi) is 5.06. The number of nitrogens with zero attached hydrogens (tertiary/aromatic N) is 3. The topological polar surface area (TPSA) is 58.5 Å². The molecule has 0 unspecified atom stereocenters. The van der Waals surface area contributed by atoms with E-state index in [1.54, 1.807) is 0 Å². The summed E-state index contributed by atoms with van der Waals surface area (Å²) < 4.78 is 2.30. The van der Waals surface area contributed by atoms with E-state index in [0.717, 1.165) is 40.4 Å². The number of hydrogen-bond acceptors (Lipinski definition) is 3. The lowest BCUT2D eigenvalue weighted by atomic mass is 9.92. The number of aromatic amines is 1. The molecule has 5 nitrogen and oxygen atoms in total. The van der Waals surface area contributed by atoms with Crippen LogP contribution >= 0.6 is 0 Å². The second-order valence-corrected chi connectivity index (χ2v) is 8.39. The summed E-state index contributed by atoms with van der Waals surface area (Å²) in [7, 11) is 0. The fourth-order valence-corrected chi connectivity index (χ4v) is 4.58. The number of H-pyrrole nitrogens is 1. The maximum atomic E-state index is 4.84. The van der Waals surface area contributed by atoms with Gasteiger partial charge in [-0.3, -0.25) is 0 Å². The van der Waals surface area contributed by atoms with E-state index in [9.17, 15) is 0 Å².